The first kappa shape index (κ1) is 18.9. The van der Waals surface area contributed by atoms with Gasteiger partial charge in [0.25, 0.3) is 5.56 Å². The Labute approximate surface area is 146 Å². The van der Waals surface area contributed by atoms with Crippen molar-refractivity contribution < 1.29 is 23.8 Å². The fourth-order valence-electron chi connectivity index (χ4n) is 2.01. The molecule has 138 valence electrons. The lowest BCUT2D eigenvalue weighted by Crippen LogP contribution is -2.44. The second kappa shape index (κ2) is 8.10. The van der Waals surface area contributed by atoms with Crippen molar-refractivity contribution in [1.82, 2.24) is 14.5 Å². The summed E-state index contributed by atoms with van der Waals surface area (Å²) in [6, 6.07) is 5.87. The number of nitrogens with zero attached hydrogens (tertiary/aromatic N) is 2. The normalized spacial score (nSPS) is 11.6. The SMILES string of the molecule is Cn1c(=O)ccn(CC(=O)NCC(Oc2ccc(F)cc2)C(=O)O)c1=O. The molecule has 2 rings (SSSR count). The van der Waals surface area contributed by atoms with Gasteiger partial charge in [-0.3, -0.25) is 18.7 Å². The van der Waals surface area contributed by atoms with Gasteiger partial charge in [0.15, 0.2) is 0 Å². The molecule has 0 saturated heterocycles. The minimum Gasteiger partial charge on any atom is -0.478 e. The molecule has 0 spiro atoms. The molecule has 0 aliphatic carbocycles. The van der Waals surface area contributed by atoms with Gasteiger partial charge in [-0.25, -0.2) is 14.0 Å². The lowest BCUT2D eigenvalue weighted by molar-refractivity contribution is -0.145. The van der Waals surface area contributed by atoms with Gasteiger partial charge >= 0.3 is 11.7 Å². The number of benzene rings is 1. The van der Waals surface area contributed by atoms with Crippen molar-refractivity contribution in [2.24, 2.45) is 7.05 Å². The quantitative estimate of drug-likeness (QED) is 0.672. The summed E-state index contributed by atoms with van der Waals surface area (Å²) < 4.78 is 19.9. The van der Waals surface area contributed by atoms with Gasteiger partial charge in [-0.1, -0.05) is 0 Å². The van der Waals surface area contributed by atoms with Crippen LogP contribution in [-0.2, 0) is 23.2 Å². The predicted molar refractivity (Wildman–Crippen MR) is 87.4 cm³/mol. The zero-order chi connectivity index (χ0) is 19.3. The van der Waals surface area contributed by atoms with Gasteiger partial charge in [-0.15, -0.1) is 0 Å². The number of hydrogen-bond acceptors (Lipinski definition) is 5. The van der Waals surface area contributed by atoms with Crippen LogP contribution in [0, 0.1) is 5.82 Å². The van der Waals surface area contributed by atoms with E-state index in [1.165, 1.54) is 25.4 Å². The number of carbonyl (C=O) groups is 2. The lowest BCUT2D eigenvalue weighted by atomic mass is 10.3. The van der Waals surface area contributed by atoms with Crippen LogP contribution in [-0.4, -0.2) is 38.8 Å². The van der Waals surface area contributed by atoms with Gasteiger partial charge in [-0.05, 0) is 24.3 Å². The van der Waals surface area contributed by atoms with Crippen LogP contribution < -0.4 is 21.3 Å². The highest BCUT2D eigenvalue weighted by molar-refractivity contribution is 5.78. The largest absolute Gasteiger partial charge is 0.478 e. The summed E-state index contributed by atoms with van der Waals surface area (Å²) in [6.45, 7) is -0.762. The maximum absolute atomic E-state index is 12.9. The first-order valence-electron chi connectivity index (χ1n) is 7.46. The fraction of sp³-hybridized carbons (Fsp3) is 0.250. The summed E-state index contributed by atoms with van der Waals surface area (Å²) in [5.41, 5.74) is -1.18. The van der Waals surface area contributed by atoms with Gasteiger partial charge in [0, 0.05) is 19.3 Å². The molecule has 1 amide bonds. The number of aliphatic carboxylic acids is 1. The summed E-state index contributed by atoms with van der Waals surface area (Å²) in [5, 5.41) is 11.5. The molecule has 26 heavy (non-hydrogen) atoms. The van der Waals surface area contributed by atoms with E-state index in [2.05, 4.69) is 5.32 Å². The van der Waals surface area contributed by atoms with E-state index in [0.29, 0.717) is 0 Å². The highest BCUT2D eigenvalue weighted by Gasteiger charge is 2.20. The molecule has 2 aromatic rings. The smallest absolute Gasteiger partial charge is 0.346 e. The van der Waals surface area contributed by atoms with E-state index in [4.69, 9.17) is 9.84 Å². The van der Waals surface area contributed by atoms with Crippen molar-refractivity contribution >= 4 is 11.9 Å². The van der Waals surface area contributed by atoms with Crippen LogP contribution in [0.25, 0.3) is 0 Å². The van der Waals surface area contributed by atoms with Crippen LogP contribution in [0.4, 0.5) is 4.39 Å². The standard InChI is InChI=1S/C16H16FN3O6/c1-19-14(22)6-7-20(16(19)25)9-13(21)18-8-12(15(23)24)26-11-4-2-10(17)3-5-11/h2-7,12H,8-9H2,1H3,(H,18,21)(H,23,24). The van der Waals surface area contributed by atoms with Gasteiger partial charge in [0.2, 0.25) is 12.0 Å². The molecule has 0 bridgehead atoms. The second-order valence-corrected chi connectivity index (χ2v) is 5.33. The molecule has 1 aromatic carbocycles. The Kier molecular flexibility index (Phi) is 5.89. The van der Waals surface area contributed by atoms with E-state index in [-0.39, 0.29) is 12.3 Å². The number of ether oxygens (including phenoxy) is 1. The molecule has 1 atom stereocenters. The van der Waals surface area contributed by atoms with E-state index < -0.39 is 41.6 Å². The second-order valence-electron chi connectivity index (χ2n) is 5.33. The number of carbonyl (C=O) groups excluding carboxylic acids is 1. The minimum atomic E-state index is -1.40. The summed E-state index contributed by atoms with van der Waals surface area (Å²) in [6.07, 6.45) is -0.227. The Hall–Kier alpha value is -3.43. The first-order valence-corrected chi connectivity index (χ1v) is 7.46. The Morgan fingerprint density at radius 3 is 2.50 bits per heavy atom. The maximum Gasteiger partial charge on any atom is 0.346 e. The van der Waals surface area contributed by atoms with E-state index in [0.717, 1.165) is 27.3 Å². The first-order chi connectivity index (χ1) is 12.3. The molecule has 0 fully saturated rings. The summed E-state index contributed by atoms with van der Waals surface area (Å²) in [7, 11) is 1.27. The monoisotopic (exact) mass is 365 g/mol. The van der Waals surface area contributed by atoms with E-state index in [1.54, 1.807) is 0 Å². The topological polar surface area (TPSA) is 120 Å². The molecule has 1 heterocycles. The Bertz CT molecular complexity index is 919. The van der Waals surface area contributed by atoms with Crippen LogP contribution in [0.1, 0.15) is 0 Å². The third kappa shape index (κ3) is 4.79. The molecule has 0 aliphatic rings. The number of nitrogens with one attached hydrogen (secondary N) is 1. The number of hydrogen-bond donors (Lipinski definition) is 2. The van der Waals surface area contributed by atoms with E-state index in [9.17, 15) is 23.6 Å². The molecule has 0 saturated carbocycles. The number of carboxylic acids is 1. The molecule has 10 heteroatoms. The van der Waals surface area contributed by atoms with Crippen molar-refractivity contribution in [3.05, 3.63) is 63.2 Å². The summed E-state index contributed by atoms with van der Waals surface area (Å²) in [5.74, 6) is -2.34. The molecule has 1 unspecified atom stereocenters. The van der Waals surface area contributed by atoms with Crippen LogP contribution in [0.15, 0.2) is 46.1 Å². The number of aromatic nitrogens is 2. The zero-order valence-corrected chi connectivity index (χ0v) is 13.7. The van der Waals surface area contributed by atoms with Crippen molar-refractivity contribution in [3.63, 3.8) is 0 Å². The van der Waals surface area contributed by atoms with Crippen molar-refractivity contribution in [3.8, 4) is 5.75 Å². The van der Waals surface area contributed by atoms with Crippen LogP contribution in [0.3, 0.4) is 0 Å². The van der Waals surface area contributed by atoms with Gasteiger partial charge in [0.05, 0.1) is 6.54 Å². The van der Waals surface area contributed by atoms with E-state index in [1.807, 2.05) is 0 Å². The predicted octanol–water partition coefficient (Wildman–Crippen LogP) is -0.665. The van der Waals surface area contributed by atoms with Gasteiger partial charge < -0.3 is 15.2 Å². The molecule has 1 aromatic heterocycles. The molecule has 9 nitrogen and oxygen atoms in total. The van der Waals surface area contributed by atoms with E-state index >= 15 is 0 Å². The fourth-order valence-corrected chi connectivity index (χ4v) is 2.01. The van der Waals surface area contributed by atoms with Crippen LogP contribution in [0.5, 0.6) is 5.75 Å². The Morgan fingerprint density at radius 2 is 1.88 bits per heavy atom. The summed E-state index contributed by atoms with van der Waals surface area (Å²) in [4.78, 5) is 46.3. The molecule has 0 radical (unpaired) electrons. The number of amides is 1. The third-order valence-electron chi connectivity index (χ3n) is 3.43. The molecule has 2 N–H and O–H groups in total. The van der Waals surface area contributed by atoms with Gasteiger partial charge in [0.1, 0.15) is 18.1 Å². The highest BCUT2D eigenvalue weighted by atomic mass is 19.1. The lowest BCUT2D eigenvalue weighted by Gasteiger charge is -2.16. The molecular formula is C16H16FN3O6. The molecule has 0 aliphatic heterocycles. The Morgan fingerprint density at radius 1 is 1.23 bits per heavy atom. The third-order valence-corrected chi connectivity index (χ3v) is 3.43. The minimum absolute atomic E-state index is 0.127. The van der Waals surface area contributed by atoms with Crippen molar-refractivity contribution in [2.45, 2.75) is 12.6 Å². The number of halogens is 1. The average molecular weight is 365 g/mol. The number of carboxylic acid groups (broad SMARTS) is 1. The van der Waals surface area contributed by atoms with Crippen molar-refractivity contribution in [1.29, 1.82) is 0 Å². The average Bonchev–Trinajstić information content (AvgIpc) is 2.60. The van der Waals surface area contributed by atoms with Crippen molar-refractivity contribution in [2.75, 3.05) is 6.54 Å². The summed E-state index contributed by atoms with van der Waals surface area (Å²) >= 11 is 0. The Balaban J connectivity index is 1.98. The van der Waals surface area contributed by atoms with Crippen LogP contribution >= 0.6 is 0 Å². The highest BCUT2D eigenvalue weighted by Crippen LogP contribution is 2.13. The van der Waals surface area contributed by atoms with Crippen LogP contribution in [0.2, 0.25) is 0 Å². The zero-order valence-electron chi connectivity index (χ0n) is 13.7. The number of rotatable bonds is 7. The van der Waals surface area contributed by atoms with Gasteiger partial charge in [-0.2, -0.15) is 0 Å². The maximum atomic E-state index is 12.9. The molecular weight excluding hydrogens is 349 g/mol.